The minimum Gasteiger partial charge on any atom is -0.337 e. The molecule has 1 aliphatic heterocycles. The number of hydrogen-bond donors (Lipinski definition) is 1. The number of nitrogens with one attached hydrogen (secondary N) is 1. The van der Waals surface area contributed by atoms with Crippen LogP contribution in [0.5, 0.6) is 0 Å². The second-order valence-electron chi connectivity index (χ2n) is 6.66. The third kappa shape index (κ3) is 3.57. The number of piperidine rings is 1. The van der Waals surface area contributed by atoms with Crippen LogP contribution in [0.1, 0.15) is 42.0 Å². The van der Waals surface area contributed by atoms with Crippen molar-refractivity contribution in [2.75, 3.05) is 13.1 Å². The van der Waals surface area contributed by atoms with Crippen LogP contribution in [0.25, 0.3) is 11.3 Å². The Morgan fingerprint density at radius 1 is 1.37 bits per heavy atom. The fraction of sp³-hybridized carbons (Fsp3) is 0.368. The lowest BCUT2D eigenvalue weighted by atomic mass is 9.95. The number of H-pyrrole nitrogens is 1. The number of carbonyl (C=O) groups excluding carboxylic acids is 1. The zero-order valence-corrected chi connectivity index (χ0v) is 15.9. The first-order chi connectivity index (χ1) is 13.2. The van der Waals surface area contributed by atoms with E-state index in [0.29, 0.717) is 24.5 Å². The van der Waals surface area contributed by atoms with Crippen LogP contribution in [0, 0.1) is 0 Å². The average molecular weight is 383 g/mol. The summed E-state index contributed by atoms with van der Waals surface area (Å²) in [6.07, 6.45) is 4.87. The van der Waals surface area contributed by atoms with E-state index in [1.54, 1.807) is 23.9 Å². The molecule has 4 heterocycles. The van der Waals surface area contributed by atoms with Gasteiger partial charge in [-0.1, -0.05) is 0 Å². The summed E-state index contributed by atoms with van der Waals surface area (Å²) in [4.78, 5) is 38.3. The Labute approximate surface area is 160 Å². The molecule has 8 heteroatoms. The first-order valence-corrected chi connectivity index (χ1v) is 10.0. The number of hydrogen-bond acceptors (Lipinski definition) is 5. The molecule has 1 amide bonds. The van der Waals surface area contributed by atoms with Gasteiger partial charge in [0.25, 0.3) is 11.5 Å². The van der Waals surface area contributed by atoms with Gasteiger partial charge in [0.2, 0.25) is 0 Å². The predicted octanol–water partition coefficient (Wildman–Crippen LogP) is 2.73. The molecule has 0 saturated carbocycles. The maximum Gasteiger partial charge on any atom is 0.272 e. The van der Waals surface area contributed by atoms with E-state index >= 15 is 0 Å². The third-order valence-corrected chi connectivity index (χ3v) is 5.70. The van der Waals surface area contributed by atoms with Crippen molar-refractivity contribution in [1.29, 1.82) is 0 Å². The van der Waals surface area contributed by atoms with Crippen molar-refractivity contribution in [3.05, 3.63) is 57.3 Å². The lowest BCUT2D eigenvalue weighted by Gasteiger charge is -2.31. The fourth-order valence-corrected chi connectivity index (χ4v) is 4.15. The molecule has 27 heavy (non-hydrogen) atoms. The van der Waals surface area contributed by atoms with Crippen LogP contribution in [0.3, 0.4) is 0 Å². The summed E-state index contributed by atoms with van der Waals surface area (Å²) in [5.74, 6) is 0.882. The van der Waals surface area contributed by atoms with Gasteiger partial charge < -0.3 is 14.5 Å². The number of likely N-dealkylation sites (tertiary alicyclic amines) is 1. The Hall–Kier alpha value is -2.74. The highest BCUT2D eigenvalue weighted by molar-refractivity contribution is 7.08. The van der Waals surface area contributed by atoms with Crippen LogP contribution in [-0.4, -0.2) is 43.4 Å². The summed E-state index contributed by atoms with van der Waals surface area (Å²) in [7, 11) is 0. The van der Waals surface area contributed by atoms with Gasteiger partial charge in [-0.25, -0.2) is 9.97 Å². The number of aromatic amines is 1. The maximum absolute atomic E-state index is 12.7. The van der Waals surface area contributed by atoms with Gasteiger partial charge in [0, 0.05) is 42.6 Å². The zero-order valence-electron chi connectivity index (χ0n) is 15.1. The average Bonchev–Trinajstić information content (AvgIpc) is 3.38. The van der Waals surface area contributed by atoms with E-state index in [9.17, 15) is 9.59 Å². The smallest absolute Gasteiger partial charge is 0.272 e. The normalized spacial score (nSPS) is 15.2. The number of imidazole rings is 1. The standard InChI is InChI=1S/C19H21N5O2S/c1-2-23-12-20-10-16(23)19(26)24-6-3-13(4-7-24)18-21-15(9-17(25)22-18)14-5-8-27-11-14/h5,8-13H,2-4,6-7H2,1H3,(H,21,22,25). The summed E-state index contributed by atoms with van der Waals surface area (Å²) in [5, 5.41) is 3.96. The summed E-state index contributed by atoms with van der Waals surface area (Å²) < 4.78 is 1.86. The van der Waals surface area contributed by atoms with Crippen molar-refractivity contribution in [3.63, 3.8) is 0 Å². The fourth-order valence-electron chi connectivity index (χ4n) is 3.50. The molecule has 4 rings (SSSR count). The molecule has 140 valence electrons. The first kappa shape index (κ1) is 17.7. The second kappa shape index (κ2) is 7.48. The quantitative estimate of drug-likeness (QED) is 0.751. The van der Waals surface area contributed by atoms with E-state index in [0.717, 1.165) is 30.8 Å². The van der Waals surface area contributed by atoms with Crippen LogP contribution >= 0.6 is 11.3 Å². The molecule has 7 nitrogen and oxygen atoms in total. The van der Waals surface area contributed by atoms with Gasteiger partial charge in [0.1, 0.15) is 11.5 Å². The summed E-state index contributed by atoms with van der Waals surface area (Å²) in [6, 6.07) is 3.50. The number of aromatic nitrogens is 4. The molecule has 1 aliphatic rings. The number of rotatable bonds is 4. The Morgan fingerprint density at radius 3 is 2.89 bits per heavy atom. The second-order valence-corrected chi connectivity index (χ2v) is 7.44. The van der Waals surface area contributed by atoms with E-state index < -0.39 is 0 Å². The van der Waals surface area contributed by atoms with E-state index in [-0.39, 0.29) is 17.4 Å². The number of thiophene rings is 1. The van der Waals surface area contributed by atoms with E-state index in [1.807, 2.05) is 33.2 Å². The highest BCUT2D eigenvalue weighted by atomic mass is 32.1. The number of aryl methyl sites for hydroxylation is 1. The predicted molar refractivity (Wildman–Crippen MR) is 104 cm³/mol. The lowest BCUT2D eigenvalue weighted by molar-refractivity contribution is 0.0700. The molecule has 0 unspecified atom stereocenters. The number of amides is 1. The number of carbonyl (C=O) groups is 1. The molecule has 0 spiro atoms. The van der Waals surface area contributed by atoms with Crippen LogP contribution in [0.15, 0.2) is 40.2 Å². The Bertz CT molecular complexity index is 984. The van der Waals surface area contributed by atoms with Crippen molar-refractivity contribution in [3.8, 4) is 11.3 Å². The summed E-state index contributed by atoms with van der Waals surface area (Å²) in [5.41, 5.74) is 2.17. The Morgan fingerprint density at radius 2 is 2.19 bits per heavy atom. The van der Waals surface area contributed by atoms with Crippen LogP contribution < -0.4 is 5.56 Å². The SMILES string of the molecule is CCn1cncc1C(=O)N1CCC(c2nc(-c3ccsc3)cc(=O)[nH]2)CC1. The van der Waals surface area contributed by atoms with Gasteiger partial charge in [-0.2, -0.15) is 11.3 Å². The zero-order chi connectivity index (χ0) is 18.8. The third-order valence-electron chi connectivity index (χ3n) is 5.02. The monoisotopic (exact) mass is 383 g/mol. The molecule has 3 aromatic heterocycles. The molecular formula is C19H21N5O2S. The molecule has 0 aromatic carbocycles. The molecule has 0 aliphatic carbocycles. The van der Waals surface area contributed by atoms with E-state index in [2.05, 4.69) is 15.0 Å². The van der Waals surface area contributed by atoms with Gasteiger partial charge in [-0.15, -0.1) is 0 Å². The van der Waals surface area contributed by atoms with E-state index in [1.165, 1.54) is 6.07 Å². The van der Waals surface area contributed by atoms with Crippen LogP contribution in [0.2, 0.25) is 0 Å². The lowest BCUT2D eigenvalue weighted by Crippen LogP contribution is -2.39. The molecule has 0 atom stereocenters. The molecular weight excluding hydrogens is 362 g/mol. The summed E-state index contributed by atoms with van der Waals surface area (Å²) in [6.45, 7) is 4.00. The van der Waals surface area contributed by atoms with Gasteiger partial charge in [-0.05, 0) is 31.2 Å². The molecule has 0 bridgehead atoms. The Kier molecular flexibility index (Phi) is 4.89. The maximum atomic E-state index is 12.7. The summed E-state index contributed by atoms with van der Waals surface area (Å²) >= 11 is 1.58. The number of nitrogens with zero attached hydrogens (tertiary/aromatic N) is 4. The molecule has 1 fully saturated rings. The minimum absolute atomic E-state index is 0.0151. The highest BCUT2D eigenvalue weighted by Crippen LogP contribution is 2.27. The first-order valence-electron chi connectivity index (χ1n) is 9.09. The van der Waals surface area contributed by atoms with Gasteiger partial charge in [-0.3, -0.25) is 9.59 Å². The van der Waals surface area contributed by atoms with Crippen LogP contribution in [-0.2, 0) is 6.54 Å². The van der Waals surface area contributed by atoms with E-state index in [4.69, 9.17) is 0 Å². The van der Waals surface area contributed by atoms with Gasteiger partial charge >= 0.3 is 0 Å². The van der Waals surface area contributed by atoms with Crippen molar-refractivity contribution in [2.24, 2.45) is 0 Å². The van der Waals surface area contributed by atoms with Crippen molar-refractivity contribution in [2.45, 2.75) is 32.2 Å². The Balaban J connectivity index is 1.48. The topological polar surface area (TPSA) is 83.9 Å². The molecule has 3 aromatic rings. The van der Waals surface area contributed by atoms with Crippen LogP contribution in [0.4, 0.5) is 0 Å². The molecule has 1 N–H and O–H groups in total. The highest BCUT2D eigenvalue weighted by Gasteiger charge is 2.27. The van der Waals surface area contributed by atoms with Crippen molar-refractivity contribution >= 4 is 17.2 Å². The van der Waals surface area contributed by atoms with Gasteiger partial charge in [0.15, 0.2) is 0 Å². The van der Waals surface area contributed by atoms with Gasteiger partial charge in [0.05, 0.1) is 18.2 Å². The minimum atomic E-state index is -0.133. The van der Waals surface area contributed by atoms with Crippen molar-refractivity contribution in [1.82, 2.24) is 24.4 Å². The molecule has 0 radical (unpaired) electrons. The largest absolute Gasteiger partial charge is 0.337 e. The van der Waals surface area contributed by atoms with Crippen molar-refractivity contribution < 1.29 is 4.79 Å². The molecule has 1 saturated heterocycles.